The number of hydrogen-bond acceptors (Lipinski definition) is 4. The molecule has 2 aromatic rings. The molecule has 1 aromatic heterocycles. The fourth-order valence-corrected chi connectivity index (χ4v) is 2.78. The second-order valence-electron chi connectivity index (χ2n) is 5.64. The molecular weight excluding hydrogens is 358 g/mol. The van der Waals surface area contributed by atoms with Crippen molar-refractivity contribution in [1.82, 2.24) is 9.78 Å². The summed E-state index contributed by atoms with van der Waals surface area (Å²) in [4.78, 5) is 16.4. The van der Waals surface area contributed by atoms with Crippen LogP contribution < -0.4 is 0 Å². The number of hydrogen-bond donors (Lipinski definition) is 0. The van der Waals surface area contributed by atoms with Crippen molar-refractivity contribution in [3.8, 4) is 0 Å². The fourth-order valence-electron chi connectivity index (χ4n) is 2.39. The number of carbonyl (C=O) groups is 1. The molecule has 3 rings (SSSR count). The molecule has 5 nitrogen and oxygen atoms in total. The number of aromatic nitrogens is 2. The van der Waals surface area contributed by atoms with E-state index in [4.69, 9.17) is 4.74 Å². The van der Waals surface area contributed by atoms with Crippen molar-refractivity contribution in [2.75, 3.05) is 0 Å². The molecular formula is C17H16BrN3O2. The lowest BCUT2D eigenvalue weighted by Crippen LogP contribution is -2.05. The van der Waals surface area contributed by atoms with Crippen LogP contribution in [-0.2, 0) is 16.6 Å². The number of aryl methyl sites for hydroxylation is 1. The van der Waals surface area contributed by atoms with Crippen LogP contribution in [0.1, 0.15) is 36.6 Å². The van der Waals surface area contributed by atoms with Gasteiger partial charge in [-0.05, 0) is 30.2 Å². The van der Waals surface area contributed by atoms with Crippen LogP contribution in [0, 0.1) is 0 Å². The molecule has 0 N–H and O–H groups in total. The van der Waals surface area contributed by atoms with Crippen LogP contribution in [0.4, 0.5) is 0 Å². The lowest BCUT2D eigenvalue weighted by Gasteiger charge is -2.00. The number of cyclic esters (lactones) is 1. The maximum atomic E-state index is 12.1. The van der Waals surface area contributed by atoms with Gasteiger partial charge in [0.15, 0.2) is 5.70 Å². The average molecular weight is 374 g/mol. The molecule has 0 spiro atoms. The standard InChI is InChI=1S/C17H16BrN3O2/c1-10(2)15-12(9-21(3)20-15)8-14-17(22)23-16(19-14)11-5-4-6-13(18)7-11/h4-10H,1-3H3/b14-8-. The van der Waals surface area contributed by atoms with Crippen molar-refractivity contribution >= 4 is 33.9 Å². The van der Waals surface area contributed by atoms with Gasteiger partial charge in [0.1, 0.15) is 0 Å². The topological polar surface area (TPSA) is 56.5 Å². The lowest BCUT2D eigenvalue weighted by molar-refractivity contribution is -0.129. The van der Waals surface area contributed by atoms with Crippen LogP contribution in [0.5, 0.6) is 0 Å². The van der Waals surface area contributed by atoms with Crippen molar-refractivity contribution < 1.29 is 9.53 Å². The summed E-state index contributed by atoms with van der Waals surface area (Å²) in [5.41, 5.74) is 2.86. The van der Waals surface area contributed by atoms with Gasteiger partial charge in [-0.25, -0.2) is 9.79 Å². The molecule has 0 atom stereocenters. The van der Waals surface area contributed by atoms with Crippen molar-refractivity contribution in [2.24, 2.45) is 12.0 Å². The Hall–Kier alpha value is -2.21. The van der Waals surface area contributed by atoms with E-state index in [1.54, 1.807) is 10.8 Å². The summed E-state index contributed by atoms with van der Waals surface area (Å²) in [7, 11) is 1.86. The van der Waals surface area contributed by atoms with E-state index in [1.165, 1.54) is 0 Å². The first kappa shape index (κ1) is 15.7. The highest BCUT2D eigenvalue weighted by Crippen LogP contribution is 2.24. The minimum Gasteiger partial charge on any atom is -0.402 e. The lowest BCUT2D eigenvalue weighted by atomic mass is 10.1. The molecule has 0 saturated heterocycles. The van der Waals surface area contributed by atoms with Crippen LogP contribution >= 0.6 is 15.9 Å². The molecule has 23 heavy (non-hydrogen) atoms. The zero-order valence-electron chi connectivity index (χ0n) is 13.1. The van der Waals surface area contributed by atoms with Crippen LogP contribution in [0.25, 0.3) is 6.08 Å². The van der Waals surface area contributed by atoms with E-state index in [2.05, 4.69) is 39.9 Å². The average Bonchev–Trinajstić information content (AvgIpc) is 3.03. The number of carbonyl (C=O) groups excluding carboxylic acids is 1. The van der Waals surface area contributed by atoms with Crippen molar-refractivity contribution in [2.45, 2.75) is 19.8 Å². The van der Waals surface area contributed by atoms with Crippen LogP contribution in [0.3, 0.4) is 0 Å². The van der Waals surface area contributed by atoms with E-state index < -0.39 is 5.97 Å². The molecule has 6 heteroatoms. The Balaban J connectivity index is 1.99. The Morgan fingerprint density at radius 3 is 2.83 bits per heavy atom. The van der Waals surface area contributed by atoms with Gasteiger partial charge in [0.25, 0.3) is 0 Å². The predicted molar refractivity (Wildman–Crippen MR) is 92.0 cm³/mol. The van der Waals surface area contributed by atoms with Gasteiger partial charge >= 0.3 is 5.97 Å². The molecule has 0 amide bonds. The van der Waals surface area contributed by atoms with Gasteiger partial charge in [-0.2, -0.15) is 5.10 Å². The molecule has 1 aliphatic heterocycles. The van der Waals surface area contributed by atoms with E-state index in [0.29, 0.717) is 5.90 Å². The van der Waals surface area contributed by atoms with Gasteiger partial charge in [0.2, 0.25) is 5.90 Å². The zero-order chi connectivity index (χ0) is 16.6. The predicted octanol–water partition coefficient (Wildman–Crippen LogP) is 3.65. The smallest absolute Gasteiger partial charge is 0.363 e. The maximum absolute atomic E-state index is 12.1. The highest BCUT2D eigenvalue weighted by molar-refractivity contribution is 9.10. The molecule has 118 valence electrons. The van der Waals surface area contributed by atoms with E-state index in [1.807, 2.05) is 37.5 Å². The second kappa shape index (κ2) is 6.12. The van der Waals surface area contributed by atoms with Crippen molar-refractivity contribution in [3.05, 3.63) is 57.5 Å². The second-order valence-corrected chi connectivity index (χ2v) is 6.56. The first-order valence-electron chi connectivity index (χ1n) is 7.26. The van der Waals surface area contributed by atoms with Gasteiger partial charge in [-0.3, -0.25) is 4.68 Å². The zero-order valence-corrected chi connectivity index (χ0v) is 14.7. The number of aliphatic imine (C=N–C) groups is 1. The number of nitrogens with zero attached hydrogens (tertiary/aromatic N) is 3. The molecule has 0 radical (unpaired) electrons. The van der Waals surface area contributed by atoms with Crippen molar-refractivity contribution in [1.29, 1.82) is 0 Å². The minimum atomic E-state index is -0.446. The van der Waals surface area contributed by atoms with Crippen LogP contribution in [0.15, 0.2) is 45.6 Å². The van der Waals surface area contributed by atoms with Gasteiger partial charge in [-0.15, -0.1) is 0 Å². The molecule has 2 heterocycles. The molecule has 0 aliphatic carbocycles. The summed E-state index contributed by atoms with van der Waals surface area (Å²) in [6.07, 6.45) is 3.61. The van der Waals surface area contributed by atoms with E-state index in [9.17, 15) is 4.79 Å². The van der Waals surface area contributed by atoms with E-state index in [0.717, 1.165) is 21.3 Å². The molecule has 1 aliphatic rings. The Bertz CT molecular complexity index is 834. The minimum absolute atomic E-state index is 0.258. The van der Waals surface area contributed by atoms with Crippen molar-refractivity contribution in [3.63, 3.8) is 0 Å². The monoisotopic (exact) mass is 373 g/mol. The number of esters is 1. The molecule has 1 aromatic carbocycles. The molecule has 0 unspecified atom stereocenters. The van der Waals surface area contributed by atoms with Gasteiger partial charge in [0, 0.05) is 28.8 Å². The third-order valence-electron chi connectivity index (χ3n) is 3.42. The highest BCUT2D eigenvalue weighted by atomic mass is 79.9. The molecule has 0 bridgehead atoms. The SMILES string of the molecule is CC(C)c1nn(C)cc1/C=C1\N=C(c2cccc(Br)c2)OC1=O. The molecule has 0 fully saturated rings. The Kier molecular flexibility index (Phi) is 4.17. The Morgan fingerprint density at radius 1 is 1.35 bits per heavy atom. The van der Waals surface area contributed by atoms with Gasteiger partial charge in [0.05, 0.1) is 5.69 Å². The van der Waals surface area contributed by atoms with Crippen LogP contribution in [-0.4, -0.2) is 21.6 Å². The third kappa shape index (κ3) is 3.27. The quantitative estimate of drug-likeness (QED) is 0.609. The summed E-state index contributed by atoms with van der Waals surface area (Å²) in [6.45, 7) is 4.13. The summed E-state index contributed by atoms with van der Waals surface area (Å²) in [5, 5.41) is 4.43. The normalized spacial score (nSPS) is 16.1. The Morgan fingerprint density at radius 2 is 2.13 bits per heavy atom. The number of benzene rings is 1. The van der Waals surface area contributed by atoms with Gasteiger partial charge in [-0.1, -0.05) is 35.8 Å². The highest BCUT2D eigenvalue weighted by Gasteiger charge is 2.25. The summed E-state index contributed by atoms with van der Waals surface area (Å²) >= 11 is 3.40. The summed E-state index contributed by atoms with van der Waals surface area (Å²) in [5.74, 6) is 0.130. The number of ether oxygens (including phenoxy) is 1. The van der Waals surface area contributed by atoms with Gasteiger partial charge < -0.3 is 4.74 Å². The third-order valence-corrected chi connectivity index (χ3v) is 3.91. The number of rotatable bonds is 3. The summed E-state index contributed by atoms with van der Waals surface area (Å²) < 4.78 is 7.93. The first-order valence-corrected chi connectivity index (χ1v) is 8.05. The Labute approximate surface area is 142 Å². The first-order chi connectivity index (χ1) is 10.9. The van der Waals surface area contributed by atoms with E-state index >= 15 is 0 Å². The fraction of sp³-hybridized carbons (Fsp3) is 0.235. The van der Waals surface area contributed by atoms with Crippen LogP contribution in [0.2, 0.25) is 0 Å². The number of halogens is 1. The summed E-state index contributed by atoms with van der Waals surface area (Å²) in [6, 6.07) is 7.49. The van der Waals surface area contributed by atoms with E-state index in [-0.39, 0.29) is 11.6 Å². The maximum Gasteiger partial charge on any atom is 0.363 e. The molecule has 0 saturated carbocycles. The largest absolute Gasteiger partial charge is 0.402 e.